The zero-order chi connectivity index (χ0) is 29.5. The van der Waals surface area contributed by atoms with Gasteiger partial charge in [-0.25, -0.2) is 8.78 Å². The van der Waals surface area contributed by atoms with Crippen molar-refractivity contribution >= 4 is 5.78 Å². The van der Waals surface area contributed by atoms with Crippen molar-refractivity contribution in [3.05, 3.63) is 71.3 Å². The SMILES string of the molecule is C[C@@H]1CCN(C2CCC(O)(c3ccc(F)cc3)CC2)C1.C[C@@H]1CCNC1.O=C1CCC(O)(c2ccc(F)cc2)CC1. The van der Waals surface area contributed by atoms with Gasteiger partial charge in [0.1, 0.15) is 17.4 Å². The van der Waals surface area contributed by atoms with Gasteiger partial charge in [-0.05, 0) is 118 Å². The molecular weight excluding hydrogens is 522 g/mol. The summed E-state index contributed by atoms with van der Waals surface area (Å²) in [5.41, 5.74) is -0.125. The minimum Gasteiger partial charge on any atom is -0.385 e. The highest BCUT2D eigenvalue weighted by atomic mass is 19.1. The Kier molecular flexibility index (Phi) is 11.1. The lowest BCUT2D eigenvalue weighted by molar-refractivity contribution is -0.125. The number of ketones is 1. The number of halogens is 2. The molecule has 6 rings (SSSR count). The highest BCUT2D eigenvalue weighted by Crippen LogP contribution is 2.40. The van der Waals surface area contributed by atoms with Crippen LogP contribution in [-0.4, -0.2) is 53.1 Å². The molecule has 2 aromatic carbocycles. The van der Waals surface area contributed by atoms with Gasteiger partial charge in [-0.2, -0.15) is 0 Å². The van der Waals surface area contributed by atoms with Gasteiger partial charge < -0.3 is 20.4 Å². The van der Waals surface area contributed by atoms with Gasteiger partial charge in [0.05, 0.1) is 11.2 Å². The van der Waals surface area contributed by atoms with Crippen LogP contribution in [0.25, 0.3) is 0 Å². The van der Waals surface area contributed by atoms with E-state index in [0.29, 0.717) is 37.3 Å². The molecular formula is C34H48F2N2O3. The zero-order valence-corrected chi connectivity index (χ0v) is 24.8. The van der Waals surface area contributed by atoms with Crippen molar-refractivity contribution in [3.63, 3.8) is 0 Å². The summed E-state index contributed by atoms with van der Waals surface area (Å²) in [7, 11) is 0. The molecule has 4 aliphatic rings. The normalized spacial score (nSPS) is 29.7. The van der Waals surface area contributed by atoms with Crippen LogP contribution in [0, 0.1) is 23.5 Å². The first-order valence-electron chi connectivity index (χ1n) is 15.5. The second-order valence-electron chi connectivity index (χ2n) is 12.8. The van der Waals surface area contributed by atoms with Gasteiger partial charge in [0.2, 0.25) is 0 Å². The number of Topliss-reactive ketones (excluding diaryl/α,β-unsaturated/α-hetero) is 1. The van der Waals surface area contributed by atoms with Crippen molar-refractivity contribution in [2.45, 2.75) is 95.3 Å². The molecule has 0 aromatic heterocycles. The summed E-state index contributed by atoms with van der Waals surface area (Å²) in [5.74, 6) is 1.39. The lowest BCUT2D eigenvalue weighted by atomic mass is 9.77. The molecule has 2 saturated carbocycles. The standard InChI is InChI=1S/C17H24FNO.C12H13FO2.C5H11N/c1-13-8-11-19(12-13)16-6-9-17(20,10-7-16)14-2-4-15(18)5-3-14;13-10-3-1-9(2-4-10)12(15)7-5-11(14)6-8-12;1-5-2-3-6-4-5/h2-5,13,16,20H,6-12H2,1H3;1-4,15H,5-8H2;5-6H,2-4H2,1H3/t13-,16?,17?;;5-/m1.1/s1. The maximum Gasteiger partial charge on any atom is 0.133 e. The number of hydrogen-bond donors (Lipinski definition) is 3. The van der Waals surface area contributed by atoms with Gasteiger partial charge in [-0.15, -0.1) is 0 Å². The number of benzene rings is 2. The average Bonchev–Trinajstić information content (AvgIpc) is 3.63. The Morgan fingerprint density at radius 2 is 1.27 bits per heavy atom. The van der Waals surface area contributed by atoms with Crippen molar-refractivity contribution in [1.29, 1.82) is 0 Å². The summed E-state index contributed by atoms with van der Waals surface area (Å²) in [4.78, 5) is 13.7. The lowest BCUT2D eigenvalue weighted by Crippen LogP contribution is -2.41. The first-order valence-corrected chi connectivity index (χ1v) is 15.5. The van der Waals surface area contributed by atoms with Crippen molar-refractivity contribution in [3.8, 4) is 0 Å². The first-order chi connectivity index (χ1) is 19.6. The molecule has 3 N–H and O–H groups in total. The maximum absolute atomic E-state index is 13.0. The average molecular weight is 571 g/mol. The Morgan fingerprint density at radius 1 is 0.756 bits per heavy atom. The third kappa shape index (κ3) is 8.90. The van der Waals surface area contributed by atoms with Crippen LogP contribution in [0.3, 0.4) is 0 Å². The van der Waals surface area contributed by atoms with Crippen molar-refractivity contribution in [2.75, 3.05) is 26.2 Å². The van der Waals surface area contributed by atoms with Crippen LogP contribution in [-0.2, 0) is 16.0 Å². The fourth-order valence-corrected chi connectivity index (χ4v) is 6.59. The van der Waals surface area contributed by atoms with E-state index in [0.717, 1.165) is 43.1 Å². The second-order valence-corrected chi connectivity index (χ2v) is 12.8. The number of hydrogen-bond acceptors (Lipinski definition) is 5. The lowest BCUT2D eigenvalue weighted by Gasteiger charge is -2.40. The molecule has 0 unspecified atom stereocenters. The summed E-state index contributed by atoms with van der Waals surface area (Å²) in [6, 6.07) is 12.8. The van der Waals surface area contributed by atoms with E-state index in [1.165, 1.54) is 63.3 Å². The van der Waals surface area contributed by atoms with Gasteiger partial charge in [-0.1, -0.05) is 38.1 Å². The summed E-state index contributed by atoms with van der Waals surface area (Å²) >= 11 is 0. The quantitative estimate of drug-likeness (QED) is 0.418. The summed E-state index contributed by atoms with van der Waals surface area (Å²) in [6.07, 6.45) is 8.04. The van der Waals surface area contributed by atoms with Crippen LogP contribution in [0.2, 0.25) is 0 Å². The molecule has 0 bridgehead atoms. The summed E-state index contributed by atoms with van der Waals surface area (Å²) in [6.45, 7) is 9.49. The highest BCUT2D eigenvalue weighted by molar-refractivity contribution is 5.79. The Hall–Kier alpha value is -2.19. The number of carbonyl (C=O) groups excluding carboxylic acids is 1. The molecule has 5 nitrogen and oxygen atoms in total. The van der Waals surface area contributed by atoms with Gasteiger partial charge >= 0.3 is 0 Å². The number of likely N-dealkylation sites (tertiary alicyclic amines) is 1. The minimum absolute atomic E-state index is 0.196. The van der Waals surface area contributed by atoms with Crippen LogP contribution < -0.4 is 5.32 Å². The third-order valence-electron chi connectivity index (χ3n) is 9.46. The largest absolute Gasteiger partial charge is 0.385 e. The van der Waals surface area contributed by atoms with Crippen LogP contribution in [0.5, 0.6) is 0 Å². The smallest absolute Gasteiger partial charge is 0.133 e. The molecule has 2 saturated heterocycles. The molecule has 2 aromatic rings. The predicted molar refractivity (Wildman–Crippen MR) is 158 cm³/mol. The maximum atomic E-state index is 13.0. The number of carbonyl (C=O) groups is 1. The van der Waals surface area contributed by atoms with Crippen LogP contribution >= 0.6 is 0 Å². The van der Waals surface area contributed by atoms with Crippen LogP contribution in [0.1, 0.15) is 89.2 Å². The van der Waals surface area contributed by atoms with E-state index in [4.69, 9.17) is 0 Å². The van der Waals surface area contributed by atoms with E-state index in [9.17, 15) is 23.8 Å². The van der Waals surface area contributed by atoms with Crippen LogP contribution in [0.4, 0.5) is 8.78 Å². The third-order valence-corrected chi connectivity index (χ3v) is 9.46. The monoisotopic (exact) mass is 570 g/mol. The molecule has 2 aliphatic heterocycles. The van der Waals surface area contributed by atoms with Crippen molar-refractivity contribution < 1.29 is 23.8 Å². The molecule has 7 heteroatoms. The fraction of sp³-hybridized carbons (Fsp3) is 0.618. The predicted octanol–water partition coefficient (Wildman–Crippen LogP) is 6.07. The van der Waals surface area contributed by atoms with Gasteiger partial charge in [0.15, 0.2) is 0 Å². The summed E-state index contributed by atoms with van der Waals surface area (Å²) in [5, 5.41) is 24.4. The van der Waals surface area contributed by atoms with Gasteiger partial charge in [0, 0.05) is 25.4 Å². The summed E-state index contributed by atoms with van der Waals surface area (Å²) < 4.78 is 25.7. The molecule has 0 amide bonds. The highest BCUT2D eigenvalue weighted by Gasteiger charge is 2.38. The molecule has 4 fully saturated rings. The van der Waals surface area contributed by atoms with Crippen molar-refractivity contribution in [2.24, 2.45) is 11.8 Å². The molecule has 41 heavy (non-hydrogen) atoms. The topological polar surface area (TPSA) is 72.8 Å². The molecule has 226 valence electrons. The van der Waals surface area contributed by atoms with Crippen molar-refractivity contribution in [1.82, 2.24) is 10.2 Å². The Labute approximate surface area is 244 Å². The second kappa shape index (κ2) is 14.3. The van der Waals surface area contributed by atoms with Gasteiger partial charge in [0.25, 0.3) is 0 Å². The number of rotatable bonds is 3. The molecule has 0 spiro atoms. The fourth-order valence-electron chi connectivity index (χ4n) is 6.59. The van der Waals surface area contributed by atoms with Crippen LogP contribution in [0.15, 0.2) is 48.5 Å². The first kappa shape index (κ1) is 31.7. The number of aliphatic hydroxyl groups is 2. The van der Waals surface area contributed by atoms with E-state index in [1.807, 2.05) is 0 Å². The van der Waals surface area contributed by atoms with E-state index in [-0.39, 0.29) is 17.4 Å². The number of nitrogens with zero attached hydrogens (tertiary/aromatic N) is 1. The zero-order valence-electron chi connectivity index (χ0n) is 24.8. The minimum atomic E-state index is -0.943. The number of nitrogens with one attached hydrogen (secondary N) is 1. The van der Waals surface area contributed by atoms with E-state index in [2.05, 4.69) is 24.1 Å². The molecule has 0 radical (unpaired) electrons. The Bertz CT molecular complexity index is 1080. The molecule has 2 heterocycles. The Balaban J connectivity index is 0.000000161. The Morgan fingerprint density at radius 3 is 1.66 bits per heavy atom. The molecule has 2 atom stereocenters. The van der Waals surface area contributed by atoms with E-state index in [1.54, 1.807) is 24.3 Å². The van der Waals surface area contributed by atoms with E-state index < -0.39 is 11.2 Å². The molecule has 2 aliphatic carbocycles. The van der Waals surface area contributed by atoms with Gasteiger partial charge in [-0.3, -0.25) is 4.79 Å². The van der Waals surface area contributed by atoms with E-state index >= 15 is 0 Å².